The summed E-state index contributed by atoms with van der Waals surface area (Å²) in [4.78, 5) is 0. The highest BCUT2D eigenvalue weighted by Crippen LogP contribution is 2.42. The van der Waals surface area contributed by atoms with E-state index in [1.807, 2.05) is 0 Å². The third-order valence-corrected chi connectivity index (χ3v) is 4.27. The second-order valence-corrected chi connectivity index (χ2v) is 6.24. The average molecular weight is 238 g/mol. The molecule has 0 unspecified atom stereocenters. The lowest BCUT2D eigenvalue weighted by molar-refractivity contribution is 0.282. The lowest BCUT2D eigenvalue weighted by Gasteiger charge is -2.34. The van der Waals surface area contributed by atoms with Crippen LogP contribution in [0.25, 0.3) is 0 Å². The lowest BCUT2D eigenvalue weighted by Crippen LogP contribution is -2.20. The molecule has 0 bridgehead atoms. The quantitative estimate of drug-likeness (QED) is 0.497. The van der Waals surface area contributed by atoms with Crippen molar-refractivity contribution in [2.75, 3.05) is 6.61 Å². The van der Waals surface area contributed by atoms with Crippen LogP contribution in [0, 0.1) is 5.41 Å². The van der Waals surface area contributed by atoms with Crippen LogP contribution in [0.5, 0.6) is 0 Å². The van der Waals surface area contributed by atoms with Crippen molar-refractivity contribution in [1.29, 1.82) is 0 Å². The van der Waals surface area contributed by atoms with E-state index in [9.17, 15) is 0 Å². The minimum atomic E-state index is 0.358. The van der Waals surface area contributed by atoms with Crippen LogP contribution in [-0.4, -0.2) is 11.7 Å². The monoisotopic (exact) mass is 238 g/mol. The maximum Gasteiger partial charge on any atom is 0.0431 e. The van der Waals surface area contributed by atoms with Gasteiger partial charge in [-0.15, -0.1) is 0 Å². The molecule has 1 heteroatoms. The summed E-state index contributed by atoms with van der Waals surface area (Å²) in [5.74, 6) is 0. The Balaban J connectivity index is 2.29. The topological polar surface area (TPSA) is 20.2 Å². The van der Waals surface area contributed by atoms with Crippen molar-refractivity contribution < 1.29 is 5.11 Å². The third kappa shape index (κ3) is 4.83. The summed E-state index contributed by atoms with van der Waals surface area (Å²) in [6, 6.07) is 0. The van der Waals surface area contributed by atoms with Gasteiger partial charge in [0.2, 0.25) is 0 Å². The van der Waals surface area contributed by atoms with Gasteiger partial charge in [-0.05, 0) is 50.9 Å². The molecule has 0 saturated heterocycles. The Morgan fingerprint density at radius 3 is 2.35 bits per heavy atom. The van der Waals surface area contributed by atoms with E-state index in [0.717, 1.165) is 6.42 Å². The standard InChI is InChI=1S/C16H30O/c1-14-10-9-12-16(2,3)15(14)11-7-5-4-6-8-13-17/h17H,4-13H2,1-3H3. The van der Waals surface area contributed by atoms with Crippen LogP contribution in [0.15, 0.2) is 11.1 Å². The van der Waals surface area contributed by atoms with Gasteiger partial charge >= 0.3 is 0 Å². The maximum absolute atomic E-state index is 8.72. The van der Waals surface area contributed by atoms with Crippen LogP contribution in [0.4, 0.5) is 0 Å². The summed E-state index contributed by atoms with van der Waals surface area (Å²) in [7, 11) is 0. The SMILES string of the molecule is CC1=C(CCCCCCCO)C(C)(C)CCC1. The van der Waals surface area contributed by atoms with Crippen LogP contribution in [0.3, 0.4) is 0 Å². The van der Waals surface area contributed by atoms with Crippen LogP contribution in [0.1, 0.15) is 78.6 Å². The van der Waals surface area contributed by atoms with Crippen LogP contribution >= 0.6 is 0 Å². The number of allylic oxidation sites excluding steroid dienone is 2. The van der Waals surface area contributed by atoms with Crippen molar-refractivity contribution in [2.45, 2.75) is 78.6 Å². The molecule has 100 valence electrons. The average Bonchev–Trinajstić information content (AvgIpc) is 2.26. The summed E-state index contributed by atoms with van der Waals surface area (Å²) in [5, 5.41) is 8.72. The zero-order valence-corrected chi connectivity index (χ0v) is 12.0. The highest BCUT2D eigenvalue weighted by atomic mass is 16.2. The molecule has 0 aromatic heterocycles. The fourth-order valence-corrected chi connectivity index (χ4v) is 3.17. The van der Waals surface area contributed by atoms with E-state index in [-0.39, 0.29) is 0 Å². The number of unbranched alkanes of at least 4 members (excludes halogenated alkanes) is 4. The van der Waals surface area contributed by atoms with Crippen LogP contribution < -0.4 is 0 Å². The second kappa shape index (κ2) is 7.20. The van der Waals surface area contributed by atoms with Gasteiger partial charge in [0, 0.05) is 6.61 Å². The van der Waals surface area contributed by atoms with Gasteiger partial charge in [-0.2, -0.15) is 0 Å². The first-order chi connectivity index (χ1) is 8.08. The molecule has 1 aliphatic rings. The largest absolute Gasteiger partial charge is 0.396 e. The number of aliphatic hydroxyl groups is 1. The summed E-state index contributed by atoms with van der Waals surface area (Å²) in [6.45, 7) is 7.52. The minimum Gasteiger partial charge on any atom is -0.396 e. The Bertz CT molecular complexity index is 250. The van der Waals surface area contributed by atoms with Crippen molar-refractivity contribution in [1.82, 2.24) is 0 Å². The Kier molecular flexibility index (Phi) is 6.26. The van der Waals surface area contributed by atoms with Gasteiger partial charge in [-0.3, -0.25) is 0 Å². The van der Waals surface area contributed by atoms with Crippen molar-refractivity contribution in [2.24, 2.45) is 5.41 Å². The molecule has 0 radical (unpaired) electrons. The molecular formula is C16H30O. The first-order valence-corrected chi connectivity index (χ1v) is 7.38. The van der Waals surface area contributed by atoms with Gasteiger partial charge < -0.3 is 5.11 Å². The highest BCUT2D eigenvalue weighted by molar-refractivity contribution is 5.22. The van der Waals surface area contributed by atoms with E-state index in [4.69, 9.17) is 5.11 Å². The Morgan fingerprint density at radius 2 is 1.71 bits per heavy atom. The van der Waals surface area contributed by atoms with E-state index < -0.39 is 0 Å². The molecule has 0 aliphatic heterocycles. The molecule has 0 spiro atoms. The molecule has 17 heavy (non-hydrogen) atoms. The van der Waals surface area contributed by atoms with Gasteiger partial charge in [0.1, 0.15) is 0 Å². The number of aliphatic hydroxyl groups excluding tert-OH is 1. The number of hydrogen-bond donors (Lipinski definition) is 1. The fourth-order valence-electron chi connectivity index (χ4n) is 3.17. The predicted molar refractivity (Wildman–Crippen MR) is 75.1 cm³/mol. The van der Waals surface area contributed by atoms with Gasteiger partial charge in [0.05, 0.1) is 0 Å². The van der Waals surface area contributed by atoms with Crippen molar-refractivity contribution in [3.05, 3.63) is 11.1 Å². The van der Waals surface area contributed by atoms with Gasteiger partial charge in [0.15, 0.2) is 0 Å². The van der Waals surface area contributed by atoms with Crippen LogP contribution in [0.2, 0.25) is 0 Å². The number of hydrogen-bond acceptors (Lipinski definition) is 1. The van der Waals surface area contributed by atoms with E-state index in [1.165, 1.54) is 51.4 Å². The summed E-state index contributed by atoms with van der Waals surface area (Å²) in [5.41, 5.74) is 3.86. The van der Waals surface area contributed by atoms with Gasteiger partial charge in [-0.25, -0.2) is 0 Å². The summed E-state index contributed by atoms with van der Waals surface area (Å²) < 4.78 is 0. The Hall–Kier alpha value is -0.300. The first-order valence-electron chi connectivity index (χ1n) is 7.38. The van der Waals surface area contributed by atoms with E-state index >= 15 is 0 Å². The second-order valence-electron chi connectivity index (χ2n) is 6.24. The molecule has 1 nitrogen and oxygen atoms in total. The molecule has 0 amide bonds. The van der Waals surface area contributed by atoms with E-state index in [2.05, 4.69) is 20.8 Å². The lowest BCUT2D eigenvalue weighted by atomic mass is 9.71. The molecule has 0 aromatic carbocycles. The highest BCUT2D eigenvalue weighted by Gasteiger charge is 2.27. The third-order valence-electron chi connectivity index (χ3n) is 4.27. The maximum atomic E-state index is 8.72. The molecule has 0 atom stereocenters. The van der Waals surface area contributed by atoms with E-state index in [0.29, 0.717) is 12.0 Å². The van der Waals surface area contributed by atoms with E-state index in [1.54, 1.807) is 11.1 Å². The van der Waals surface area contributed by atoms with Crippen molar-refractivity contribution in [3.63, 3.8) is 0 Å². The molecule has 1 rings (SSSR count). The van der Waals surface area contributed by atoms with Crippen LogP contribution in [-0.2, 0) is 0 Å². The molecule has 0 saturated carbocycles. The zero-order chi connectivity index (χ0) is 12.7. The van der Waals surface area contributed by atoms with Gasteiger partial charge in [-0.1, -0.05) is 44.3 Å². The van der Waals surface area contributed by atoms with Crippen molar-refractivity contribution >= 4 is 0 Å². The Labute approximate surface area is 107 Å². The molecule has 0 heterocycles. The molecule has 0 aromatic rings. The smallest absolute Gasteiger partial charge is 0.0431 e. The molecule has 0 fully saturated rings. The fraction of sp³-hybridized carbons (Fsp3) is 0.875. The van der Waals surface area contributed by atoms with Gasteiger partial charge in [0.25, 0.3) is 0 Å². The minimum absolute atomic E-state index is 0.358. The summed E-state index contributed by atoms with van der Waals surface area (Å²) in [6.07, 6.45) is 11.5. The molecular weight excluding hydrogens is 208 g/mol. The summed E-state index contributed by atoms with van der Waals surface area (Å²) >= 11 is 0. The molecule has 1 aliphatic carbocycles. The Morgan fingerprint density at radius 1 is 1.06 bits per heavy atom. The first kappa shape index (κ1) is 14.8. The molecule has 1 N–H and O–H groups in total. The zero-order valence-electron chi connectivity index (χ0n) is 12.0. The normalized spacial score (nSPS) is 19.8. The van der Waals surface area contributed by atoms with Crippen molar-refractivity contribution in [3.8, 4) is 0 Å². The number of rotatable bonds is 7. The predicted octanol–water partition coefficient (Wildman–Crippen LogP) is 4.85.